The third kappa shape index (κ3) is 2.96. The van der Waals surface area contributed by atoms with Crippen molar-refractivity contribution in [2.24, 2.45) is 11.8 Å². The van der Waals surface area contributed by atoms with Gasteiger partial charge in [0.2, 0.25) is 0 Å². The quantitative estimate of drug-likeness (QED) is 0.694. The Hall–Kier alpha value is -0.610. The number of likely N-dealkylation sites (tertiary alicyclic amines) is 1. The van der Waals surface area contributed by atoms with Gasteiger partial charge >= 0.3 is 5.97 Å². The molecule has 3 atom stereocenters. The van der Waals surface area contributed by atoms with Gasteiger partial charge in [0.1, 0.15) is 0 Å². The Labute approximate surface area is 84.5 Å². The number of carboxylic acid groups (broad SMARTS) is 1. The van der Waals surface area contributed by atoms with Gasteiger partial charge in [0.25, 0.3) is 0 Å². The highest BCUT2D eigenvalue weighted by molar-refractivity contribution is 5.69. The minimum Gasteiger partial charge on any atom is -0.481 e. The lowest BCUT2D eigenvalue weighted by atomic mass is 9.96. The van der Waals surface area contributed by atoms with Crippen molar-refractivity contribution in [3.63, 3.8) is 0 Å². The van der Waals surface area contributed by atoms with Crippen LogP contribution in [0.25, 0.3) is 0 Å². The van der Waals surface area contributed by atoms with Crippen molar-refractivity contribution in [2.45, 2.75) is 26.4 Å². The number of aliphatic hydroxyl groups excluding tert-OH is 1. The van der Waals surface area contributed by atoms with Crippen LogP contribution >= 0.6 is 0 Å². The second-order valence-electron chi connectivity index (χ2n) is 4.33. The maximum Gasteiger partial charge on any atom is 0.307 e. The molecule has 0 spiro atoms. The third-order valence-corrected chi connectivity index (χ3v) is 2.90. The highest BCUT2D eigenvalue weighted by Crippen LogP contribution is 2.17. The predicted octanol–water partition coefficient (Wildman–Crippen LogP) is 0.410. The van der Waals surface area contributed by atoms with E-state index in [4.69, 9.17) is 5.11 Å². The van der Waals surface area contributed by atoms with Gasteiger partial charge in [-0.05, 0) is 12.3 Å². The first-order chi connectivity index (χ1) is 6.50. The number of rotatable bonds is 3. The first-order valence-electron chi connectivity index (χ1n) is 5.14. The minimum atomic E-state index is -0.747. The number of carbonyl (C=O) groups is 1. The fourth-order valence-corrected chi connectivity index (χ4v) is 1.85. The van der Waals surface area contributed by atoms with E-state index in [2.05, 4.69) is 4.90 Å². The number of piperidine rings is 1. The number of hydrogen-bond acceptors (Lipinski definition) is 3. The van der Waals surface area contributed by atoms with Crippen LogP contribution in [0, 0.1) is 11.8 Å². The molecule has 0 bridgehead atoms. The molecule has 0 aromatic heterocycles. The molecule has 1 rings (SSSR count). The van der Waals surface area contributed by atoms with Crippen molar-refractivity contribution in [3.05, 3.63) is 0 Å². The van der Waals surface area contributed by atoms with E-state index in [9.17, 15) is 9.90 Å². The number of aliphatic hydroxyl groups is 1. The second kappa shape index (κ2) is 4.75. The summed E-state index contributed by atoms with van der Waals surface area (Å²) in [6.45, 7) is 5.93. The van der Waals surface area contributed by atoms with Gasteiger partial charge < -0.3 is 15.1 Å². The Morgan fingerprint density at radius 2 is 2.29 bits per heavy atom. The fourth-order valence-electron chi connectivity index (χ4n) is 1.85. The second-order valence-corrected chi connectivity index (χ2v) is 4.33. The van der Waals surface area contributed by atoms with Crippen LogP contribution in [-0.2, 0) is 4.79 Å². The third-order valence-electron chi connectivity index (χ3n) is 2.90. The molecule has 0 amide bonds. The lowest BCUT2D eigenvalue weighted by Crippen LogP contribution is -2.44. The lowest BCUT2D eigenvalue weighted by Gasteiger charge is -2.35. The average molecular weight is 201 g/mol. The molecule has 3 unspecified atom stereocenters. The standard InChI is InChI=1S/C10H19NO3/c1-7-5-11(4-3-9(7)12)6-8(2)10(13)14/h7-9,12H,3-6H2,1-2H3,(H,13,14). The first kappa shape index (κ1) is 11.5. The number of nitrogens with zero attached hydrogens (tertiary/aromatic N) is 1. The average Bonchev–Trinajstić information content (AvgIpc) is 2.11. The molecule has 82 valence electrons. The summed E-state index contributed by atoms with van der Waals surface area (Å²) in [5.74, 6) is -0.814. The zero-order chi connectivity index (χ0) is 10.7. The molecule has 1 heterocycles. The highest BCUT2D eigenvalue weighted by atomic mass is 16.4. The van der Waals surface area contributed by atoms with Gasteiger partial charge in [0, 0.05) is 19.6 Å². The summed E-state index contributed by atoms with van der Waals surface area (Å²) in [4.78, 5) is 12.8. The maximum atomic E-state index is 10.6. The molecule has 4 nitrogen and oxygen atoms in total. The largest absolute Gasteiger partial charge is 0.481 e. The Balaban J connectivity index is 2.36. The molecular formula is C10H19NO3. The van der Waals surface area contributed by atoms with Crippen LogP contribution in [0.2, 0.25) is 0 Å². The molecule has 1 saturated heterocycles. The number of carboxylic acids is 1. The Kier molecular flexibility index (Phi) is 3.89. The summed E-state index contributed by atoms with van der Waals surface area (Å²) in [5.41, 5.74) is 0. The highest BCUT2D eigenvalue weighted by Gasteiger charge is 2.26. The van der Waals surface area contributed by atoms with Gasteiger partial charge in [-0.15, -0.1) is 0 Å². The van der Waals surface area contributed by atoms with Crippen LogP contribution in [0.5, 0.6) is 0 Å². The van der Waals surface area contributed by atoms with E-state index < -0.39 is 5.97 Å². The van der Waals surface area contributed by atoms with Crippen molar-refractivity contribution in [1.29, 1.82) is 0 Å². The Bertz CT molecular complexity index is 208. The van der Waals surface area contributed by atoms with E-state index in [1.165, 1.54) is 0 Å². The molecule has 1 fully saturated rings. The SMILES string of the molecule is CC(CN1CCC(O)C(C)C1)C(=O)O. The number of hydrogen-bond donors (Lipinski definition) is 2. The van der Waals surface area contributed by atoms with Crippen LogP contribution in [0.15, 0.2) is 0 Å². The van der Waals surface area contributed by atoms with E-state index in [0.717, 1.165) is 19.5 Å². The molecule has 14 heavy (non-hydrogen) atoms. The van der Waals surface area contributed by atoms with E-state index in [1.807, 2.05) is 6.92 Å². The molecule has 0 saturated carbocycles. The van der Waals surface area contributed by atoms with Gasteiger partial charge in [-0.1, -0.05) is 13.8 Å². The maximum absolute atomic E-state index is 10.6. The molecule has 0 aromatic rings. The molecular weight excluding hydrogens is 182 g/mol. The molecule has 1 aliphatic rings. The fraction of sp³-hybridized carbons (Fsp3) is 0.900. The summed E-state index contributed by atoms with van der Waals surface area (Å²) in [7, 11) is 0. The van der Waals surface area contributed by atoms with Gasteiger partial charge in [-0.25, -0.2) is 0 Å². The van der Waals surface area contributed by atoms with Crippen molar-refractivity contribution >= 4 is 5.97 Å². The zero-order valence-electron chi connectivity index (χ0n) is 8.81. The molecule has 4 heteroatoms. The van der Waals surface area contributed by atoms with Crippen molar-refractivity contribution in [3.8, 4) is 0 Å². The summed E-state index contributed by atoms with van der Waals surface area (Å²) >= 11 is 0. The smallest absolute Gasteiger partial charge is 0.307 e. The Morgan fingerprint density at radius 3 is 2.79 bits per heavy atom. The molecule has 1 aliphatic heterocycles. The van der Waals surface area contributed by atoms with Crippen molar-refractivity contribution in [1.82, 2.24) is 4.90 Å². The molecule has 0 radical (unpaired) electrons. The topological polar surface area (TPSA) is 60.8 Å². The lowest BCUT2D eigenvalue weighted by molar-refractivity contribution is -0.142. The van der Waals surface area contributed by atoms with Gasteiger partial charge in [0.15, 0.2) is 0 Å². The van der Waals surface area contributed by atoms with Crippen LogP contribution in [0.4, 0.5) is 0 Å². The van der Waals surface area contributed by atoms with E-state index in [-0.39, 0.29) is 17.9 Å². The van der Waals surface area contributed by atoms with E-state index in [1.54, 1.807) is 6.92 Å². The summed E-state index contributed by atoms with van der Waals surface area (Å²) in [5, 5.41) is 18.3. The van der Waals surface area contributed by atoms with E-state index in [0.29, 0.717) is 6.54 Å². The minimum absolute atomic E-state index is 0.216. The van der Waals surface area contributed by atoms with Gasteiger partial charge in [-0.3, -0.25) is 4.79 Å². The zero-order valence-corrected chi connectivity index (χ0v) is 8.81. The van der Waals surface area contributed by atoms with Gasteiger partial charge in [0.05, 0.1) is 12.0 Å². The Morgan fingerprint density at radius 1 is 1.64 bits per heavy atom. The predicted molar refractivity (Wildman–Crippen MR) is 53.0 cm³/mol. The molecule has 0 aromatic carbocycles. The summed E-state index contributed by atoms with van der Waals surface area (Å²) in [6.07, 6.45) is 0.541. The van der Waals surface area contributed by atoms with Crippen LogP contribution in [0.1, 0.15) is 20.3 Å². The van der Waals surface area contributed by atoms with Gasteiger partial charge in [-0.2, -0.15) is 0 Å². The van der Waals surface area contributed by atoms with E-state index >= 15 is 0 Å². The van der Waals surface area contributed by atoms with Crippen LogP contribution in [0.3, 0.4) is 0 Å². The summed E-state index contributed by atoms with van der Waals surface area (Å²) in [6, 6.07) is 0. The monoisotopic (exact) mass is 201 g/mol. The molecule has 0 aliphatic carbocycles. The summed E-state index contributed by atoms with van der Waals surface area (Å²) < 4.78 is 0. The van der Waals surface area contributed by atoms with Crippen LogP contribution in [-0.4, -0.2) is 46.8 Å². The first-order valence-corrected chi connectivity index (χ1v) is 5.14. The normalized spacial score (nSPS) is 31.4. The number of aliphatic carboxylic acids is 1. The van der Waals surface area contributed by atoms with Crippen molar-refractivity contribution in [2.75, 3.05) is 19.6 Å². The van der Waals surface area contributed by atoms with Crippen molar-refractivity contribution < 1.29 is 15.0 Å². The molecule has 2 N–H and O–H groups in total. The van der Waals surface area contributed by atoms with Crippen LogP contribution < -0.4 is 0 Å².